The van der Waals surface area contributed by atoms with E-state index < -0.39 is 11.5 Å². The topological polar surface area (TPSA) is 193 Å². The van der Waals surface area contributed by atoms with Gasteiger partial charge < -0.3 is 35.3 Å². The molecule has 4 N–H and O–H groups in total. The predicted octanol–water partition coefficient (Wildman–Crippen LogP) is 3.81. The van der Waals surface area contributed by atoms with Crippen LogP contribution in [0.15, 0.2) is 59.9 Å². The third-order valence-corrected chi connectivity index (χ3v) is 15.1. The summed E-state index contributed by atoms with van der Waals surface area (Å²) >= 11 is 0. The zero-order chi connectivity index (χ0) is 49.1. The quantitative estimate of drug-likeness (QED) is 0.0988. The van der Waals surface area contributed by atoms with Gasteiger partial charge in [-0.25, -0.2) is 24.0 Å². The van der Waals surface area contributed by atoms with E-state index in [4.69, 9.17) is 0 Å². The largest absolute Gasteiger partial charge is 0.384 e. The lowest BCUT2D eigenvalue weighted by Gasteiger charge is -2.44. The molecule has 1 aliphatic carbocycles. The van der Waals surface area contributed by atoms with Crippen LogP contribution in [-0.2, 0) is 40.6 Å². The number of aromatic amines is 1. The number of piperazine rings is 1. The summed E-state index contributed by atoms with van der Waals surface area (Å²) in [5.74, 6) is 9.81. The molecule has 3 saturated heterocycles. The number of nitrogens with zero attached hydrogens (tertiary/aromatic N) is 5. The third-order valence-electron chi connectivity index (χ3n) is 15.1. The Labute approximate surface area is 405 Å². The minimum Gasteiger partial charge on any atom is -0.384 e. The molecule has 3 fully saturated rings. The summed E-state index contributed by atoms with van der Waals surface area (Å²) in [6, 6.07) is 17.4. The molecule has 15 heteroatoms. The van der Waals surface area contributed by atoms with Crippen LogP contribution < -0.4 is 31.5 Å². The maximum atomic E-state index is 12.8. The number of fused-ring (bicyclic) bond motifs is 5. The number of aryl methyl sites for hydroxylation is 1. The van der Waals surface area contributed by atoms with Gasteiger partial charge in [0.05, 0.1) is 23.2 Å². The first-order valence-electron chi connectivity index (χ1n) is 24.5. The van der Waals surface area contributed by atoms with Gasteiger partial charge in [-0.2, -0.15) is 5.26 Å². The van der Waals surface area contributed by atoms with Crippen LogP contribution in [0.5, 0.6) is 0 Å². The summed E-state index contributed by atoms with van der Waals surface area (Å²) in [4.78, 5) is 84.5. The summed E-state index contributed by atoms with van der Waals surface area (Å²) in [6.07, 6.45) is 5.39. The van der Waals surface area contributed by atoms with Gasteiger partial charge in [-0.3, -0.25) is 9.69 Å². The maximum absolute atomic E-state index is 12.8. The zero-order valence-electron chi connectivity index (χ0n) is 40.0. The van der Waals surface area contributed by atoms with Gasteiger partial charge in [0.2, 0.25) is 5.91 Å². The number of hydrogen-bond donors (Lipinski definition) is 4. The zero-order valence-corrected chi connectivity index (χ0v) is 40.0. The van der Waals surface area contributed by atoms with Gasteiger partial charge in [0.25, 0.3) is 0 Å². The number of hydrogen-bond acceptors (Lipinski definition) is 12. The molecule has 9 rings (SSSR count). The van der Waals surface area contributed by atoms with Crippen molar-refractivity contribution in [3.05, 3.63) is 104 Å². The third kappa shape index (κ3) is 8.75. The lowest BCUT2D eigenvalue weighted by atomic mass is 9.69. The van der Waals surface area contributed by atoms with Crippen molar-refractivity contribution in [2.75, 3.05) is 69.1 Å². The highest BCUT2D eigenvalue weighted by molar-refractivity contribution is 6.10. The van der Waals surface area contributed by atoms with E-state index in [0.717, 1.165) is 105 Å². The first-order chi connectivity index (χ1) is 34.1. The Morgan fingerprint density at radius 2 is 1.63 bits per heavy atom. The van der Waals surface area contributed by atoms with Crippen molar-refractivity contribution in [1.82, 2.24) is 30.0 Å². The van der Waals surface area contributed by atoms with E-state index in [2.05, 4.69) is 80.5 Å². The molecule has 0 radical (unpaired) electrons. The van der Waals surface area contributed by atoms with E-state index in [1.54, 1.807) is 30.2 Å². The number of H-pyrrole nitrogens is 1. The van der Waals surface area contributed by atoms with Crippen molar-refractivity contribution in [2.24, 2.45) is 0 Å². The highest BCUT2D eigenvalue weighted by atomic mass is 16.1. The fraction of sp³-hybridized carbons (Fsp3) is 0.418. The maximum Gasteiger partial charge on any atom is 0.220 e. The van der Waals surface area contributed by atoms with Crippen LogP contribution in [0.2, 0.25) is 0 Å². The number of nitrogens with one attached hydrogen (secondary N) is 4. The van der Waals surface area contributed by atoms with Gasteiger partial charge in [0.1, 0.15) is 39.9 Å². The normalized spacial score (nSPS) is 18.2. The minimum absolute atomic E-state index is 0.00775. The lowest BCUT2D eigenvalue weighted by molar-refractivity contribution is -0.121. The van der Waals surface area contributed by atoms with Crippen molar-refractivity contribution in [3.8, 4) is 6.07 Å². The fourth-order valence-electron chi connectivity index (χ4n) is 11.4. The molecule has 70 heavy (non-hydrogen) atoms. The van der Waals surface area contributed by atoms with Gasteiger partial charge in [-0.15, -0.1) is 0 Å². The first kappa shape index (κ1) is 47.6. The van der Waals surface area contributed by atoms with Gasteiger partial charge >= 0.3 is 0 Å². The van der Waals surface area contributed by atoms with E-state index in [9.17, 15) is 34.0 Å². The number of amides is 1. The molecule has 0 spiro atoms. The predicted molar refractivity (Wildman–Crippen MR) is 268 cm³/mol. The highest BCUT2D eigenvalue weighted by Crippen LogP contribution is 2.50. The number of rotatable bonds is 13. The molecular weight excluding hydrogens is 883 g/mol. The van der Waals surface area contributed by atoms with Crippen LogP contribution in [0.25, 0.3) is 27.2 Å². The molecule has 4 aliphatic rings. The molecule has 5 heterocycles. The Morgan fingerprint density at radius 3 is 2.33 bits per heavy atom. The molecule has 0 bridgehead atoms. The van der Waals surface area contributed by atoms with Gasteiger partial charge in [0, 0.05) is 121 Å². The summed E-state index contributed by atoms with van der Waals surface area (Å²) in [5.41, 5.74) is 8.83. The lowest BCUT2D eigenvalue weighted by Crippen LogP contribution is -2.53. The number of carbonyl (C=O) groups excluding carboxylic acids is 6. The smallest absolute Gasteiger partial charge is 0.220 e. The second-order valence-corrected chi connectivity index (χ2v) is 19.3. The second-order valence-electron chi connectivity index (χ2n) is 19.3. The summed E-state index contributed by atoms with van der Waals surface area (Å²) in [5, 5.41) is 20.7. The molecule has 5 aromatic rings. The van der Waals surface area contributed by atoms with Crippen LogP contribution in [0.4, 0.5) is 11.4 Å². The van der Waals surface area contributed by atoms with E-state index in [1.807, 2.05) is 30.0 Å². The number of carbonyl (C=O) groups is 1. The molecule has 0 saturated carbocycles. The van der Waals surface area contributed by atoms with Crippen molar-refractivity contribution in [3.63, 3.8) is 0 Å². The van der Waals surface area contributed by atoms with E-state index in [0.29, 0.717) is 59.6 Å². The van der Waals surface area contributed by atoms with Gasteiger partial charge in [0.15, 0.2) is 11.9 Å². The van der Waals surface area contributed by atoms with E-state index >= 15 is 0 Å². The average molecular weight is 940 g/mol. The molecule has 15 nitrogen and oxygen atoms in total. The van der Waals surface area contributed by atoms with Crippen LogP contribution in [0.3, 0.4) is 0 Å². The van der Waals surface area contributed by atoms with Crippen molar-refractivity contribution >= 4 is 74.2 Å². The Morgan fingerprint density at radius 1 is 0.843 bits per heavy atom. The molecule has 1 atom stereocenters. The molecular formula is C55H57N9O6. The SMILES string of the molecule is CCc1cc2c(cc1N1CCC(N3CCN(CCCC(=O)NCCCNc4cccc5c(=C=O)n(C6CCC(=C=O)NC6=C=O)c(=C=O)c45)CC3)CC1)C(C)(C)c1[nH]c3cc(C#N)ccc3c1C2=C=O. The molecule has 2 aromatic heterocycles. The molecule has 358 valence electrons. The van der Waals surface area contributed by atoms with E-state index in [-0.39, 0.29) is 40.8 Å². The number of benzene rings is 3. The minimum atomic E-state index is -0.742. The Hall–Kier alpha value is -7.47. The summed E-state index contributed by atoms with van der Waals surface area (Å²) < 4.78 is 1.44. The molecule has 1 unspecified atom stereocenters. The highest BCUT2D eigenvalue weighted by Gasteiger charge is 2.40. The number of aromatic nitrogens is 2. The summed E-state index contributed by atoms with van der Waals surface area (Å²) in [6.45, 7) is 14.3. The van der Waals surface area contributed by atoms with Crippen molar-refractivity contribution in [2.45, 2.75) is 89.6 Å². The Balaban J connectivity index is 0.725. The summed E-state index contributed by atoms with van der Waals surface area (Å²) in [7, 11) is 0. The van der Waals surface area contributed by atoms with Crippen LogP contribution in [0, 0.1) is 11.3 Å². The monoisotopic (exact) mass is 939 g/mol. The molecule has 1 amide bonds. The van der Waals surface area contributed by atoms with Gasteiger partial charge in [-0.1, -0.05) is 39.0 Å². The second kappa shape index (κ2) is 20.2. The molecule has 3 aliphatic heterocycles. The fourth-order valence-corrected chi connectivity index (χ4v) is 11.4. The first-order valence-corrected chi connectivity index (χ1v) is 24.5. The Bertz CT molecular complexity index is 3280. The number of piperidine rings is 2. The van der Waals surface area contributed by atoms with E-state index in [1.165, 1.54) is 15.8 Å². The van der Waals surface area contributed by atoms with Gasteiger partial charge in [-0.05, 0) is 92.1 Å². The number of nitriles is 1. The Kier molecular flexibility index (Phi) is 13.8. The average Bonchev–Trinajstić information content (AvgIpc) is 3.95. The number of anilines is 2. The van der Waals surface area contributed by atoms with Crippen molar-refractivity contribution < 1.29 is 28.8 Å². The standard InChI is InChI=1S/C55H57N9O6/c1-4-36-27-41-42(31-66)52-39-13-11-35(29-56)26-45(39)60-54(52)55(2,3)43(41)28-48(36)63-20-15-38(16-21-63)62-24-22-61(23-25-62)19-6-10-51(70)58-18-7-17-57-44-9-5-8-40-49(33-68)64(50(34-69)53(40)44)47-14-12-37(30-65)59-46(47)32-67/h5,8-9,11,13,26-28,38,47,57,59-60H,4,6-7,10,12,14-25H2,1-3H3,(H,58,70). The van der Waals surface area contributed by atoms with Crippen LogP contribution >= 0.6 is 0 Å². The van der Waals surface area contributed by atoms with Crippen LogP contribution in [0.1, 0.15) is 105 Å². The van der Waals surface area contributed by atoms with Crippen LogP contribution in [-0.4, -0.2) is 120 Å². The molecule has 3 aromatic carbocycles. The number of allylic oxidation sites excluding steroid dienone is 2. The van der Waals surface area contributed by atoms with Crippen molar-refractivity contribution in [1.29, 1.82) is 5.26 Å².